The molecule has 0 radical (unpaired) electrons. The van der Waals surface area contributed by atoms with Gasteiger partial charge in [0.2, 0.25) is 0 Å². The molecule has 0 saturated carbocycles. The van der Waals surface area contributed by atoms with Crippen molar-refractivity contribution in [1.82, 2.24) is 0 Å². The van der Waals surface area contributed by atoms with Crippen molar-refractivity contribution in [3.8, 4) is 11.5 Å². The fourth-order valence-electron chi connectivity index (χ4n) is 2.66. The predicted molar refractivity (Wildman–Crippen MR) is 80.6 cm³/mol. The van der Waals surface area contributed by atoms with Gasteiger partial charge in [-0.15, -0.1) is 0 Å². The molecule has 1 heterocycles. The average molecular weight is 269 g/mol. The van der Waals surface area contributed by atoms with Gasteiger partial charge in [-0.25, -0.2) is 0 Å². The number of rotatable bonds is 4. The Morgan fingerprint density at radius 3 is 2.70 bits per heavy atom. The van der Waals surface area contributed by atoms with Crippen molar-refractivity contribution in [2.24, 2.45) is 0 Å². The van der Waals surface area contributed by atoms with E-state index in [0.717, 1.165) is 18.8 Å². The largest absolute Gasteiger partial charge is 0.508 e. The third-order valence-electron chi connectivity index (χ3n) is 3.67. The molecule has 104 valence electrons. The number of nitrogens with zero attached hydrogens (tertiary/aromatic N) is 1. The summed E-state index contributed by atoms with van der Waals surface area (Å²) in [6.07, 6.45) is 2.38. The third-order valence-corrected chi connectivity index (χ3v) is 3.67. The van der Waals surface area contributed by atoms with Gasteiger partial charge >= 0.3 is 0 Å². The van der Waals surface area contributed by atoms with E-state index in [2.05, 4.69) is 29.2 Å². The van der Waals surface area contributed by atoms with Crippen LogP contribution in [0, 0.1) is 0 Å². The highest BCUT2D eigenvalue weighted by atomic mass is 16.5. The highest BCUT2D eigenvalue weighted by Gasteiger charge is 2.15. The van der Waals surface area contributed by atoms with Crippen molar-refractivity contribution >= 4 is 5.69 Å². The summed E-state index contributed by atoms with van der Waals surface area (Å²) < 4.78 is 5.73. The monoisotopic (exact) mass is 269 g/mol. The summed E-state index contributed by atoms with van der Waals surface area (Å²) >= 11 is 0. The van der Waals surface area contributed by atoms with Crippen LogP contribution in [-0.4, -0.2) is 24.8 Å². The number of aromatic hydroxyl groups is 1. The van der Waals surface area contributed by atoms with E-state index in [1.807, 2.05) is 0 Å². The Balaban J connectivity index is 1.58. The molecule has 1 N–H and O–H groups in total. The van der Waals surface area contributed by atoms with Crippen LogP contribution in [0.25, 0.3) is 0 Å². The number of aryl methyl sites for hydroxylation is 1. The van der Waals surface area contributed by atoms with Gasteiger partial charge in [-0.2, -0.15) is 0 Å². The van der Waals surface area contributed by atoms with Gasteiger partial charge in [-0.05, 0) is 48.7 Å². The number of phenolic OH excluding ortho intramolecular Hbond substituents is 1. The fraction of sp³-hybridized carbons (Fsp3) is 0.294. The summed E-state index contributed by atoms with van der Waals surface area (Å²) in [5.41, 5.74) is 2.77. The molecular formula is C17H19NO2. The van der Waals surface area contributed by atoms with Gasteiger partial charge in [0.1, 0.15) is 18.1 Å². The summed E-state index contributed by atoms with van der Waals surface area (Å²) in [4.78, 5) is 2.39. The first-order valence-electron chi connectivity index (χ1n) is 7.07. The Morgan fingerprint density at radius 2 is 1.85 bits per heavy atom. The molecule has 2 aromatic rings. The van der Waals surface area contributed by atoms with Crippen LogP contribution in [0.3, 0.4) is 0 Å². The van der Waals surface area contributed by atoms with Crippen LogP contribution in [-0.2, 0) is 6.42 Å². The second kappa shape index (κ2) is 5.87. The topological polar surface area (TPSA) is 32.7 Å². The van der Waals surface area contributed by atoms with E-state index in [1.54, 1.807) is 24.3 Å². The Morgan fingerprint density at radius 1 is 1.05 bits per heavy atom. The summed E-state index contributed by atoms with van der Waals surface area (Å²) in [5, 5.41) is 9.23. The molecule has 0 spiro atoms. The Kier molecular flexibility index (Phi) is 3.77. The van der Waals surface area contributed by atoms with Gasteiger partial charge in [-0.1, -0.05) is 18.2 Å². The van der Waals surface area contributed by atoms with Gasteiger partial charge in [-0.3, -0.25) is 0 Å². The first-order chi connectivity index (χ1) is 9.83. The van der Waals surface area contributed by atoms with Crippen molar-refractivity contribution in [1.29, 1.82) is 0 Å². The van der Waals surface area contributed by atoms with Crippen molar-refractivity contribution in [3.63, 3.8) is 0 Å². The molecule has 0 amide bonds. The van der Waals surface area contributed by atoms with Gasteiger partial charge < -0.3 is 14.7 Å². The number of benzene rings is 2. The molecule has 1 aliphatic rings. The van der Waals surface area contributed by atoms with Gasteiger partial charge in [0.05, 0.1) is 6.54 Å². The third kappa shape index (κ3) is 2.87. The molecule has 0 aromatic heterocycles. The van der Waals surface area contributed by atoms with Crippen molar-refractivity contribution < 1.29 is 9.84 Å². The van der Waals surface area contributed by atoms with Crippen LogP contribution in [0.1, 0.15) is 12.0 Å². The number of phenols is 1. The van der Waals surface area contributed by atoms with Crippen molar-refractivity contribution in [2.45, 2.75) is 12.8 Å². The minimum atomic E-state index is 0.266. The van der Waals surface area contributed by atoms with Crippen molar-refractivity contribution in [2.75, 3.05) is 24.6 Å². The molecule has 3 heteroatoms. The van der Waals surface area contributed by atoms with E-state index < -0.39 is 0 Å². The normalized spacial score (nSPS) is 13.9. The number of anilines is 1. The zero-order chi connectivity index (χ0) is 13.8. The smallest absolute Gasteiger partial charge is 0.119 e. The Hall–Kier alpha value is -2.16. The van der Waals surface area contributed by atoms with Crippen LogP contribution in [0.2, 0.25) is 0 Å². The lowest BCUT2D eigenvalue weighted by atomic mass is 10.0. The number of ether oxygens (including phenoxy) is 1. The number of para-hydroxylation sites is 1. The summed E-state index contributed by atoms with van der Waals surface area (Å²) in [6.45, 7) is 2.63. The first kappa shape index (κ1) is 12.9. The number of hydrogen-bond acceptors (Lipinski definition) is 3. The van der Waals surface area contributed by atoms with Crippen molar-refractivity contribution in [3.05, 3.63) is 54.1 Å². The summed E-state index contributed by atoms with van der Waals surface area (Å²) in [7, 11) is 0. The zero-order valence-corrected chi connectivity index (χ0v) is 11.5. The molecule has 0 bridgehead atoms. The lowest BCUT2D eigenvalue weighted by Crippen LogP contribution is -2.33. The van der Waals surface area contributed by atoms with Gasteiger partial charge in [0.15, 0.2) is 0 Å². The minimum absolute atomic E-state index is 0.266. The van der Waals surface area contributed by atoms with Gasteiger partial charge in [0.25, 0.3) is 0 Å². The number of fused-ring (bicyclic) bond motifs is 1. The molecular weight excluding hydrogens is 250 g/mol. The van der Waals surface area contributed by atoms with Crippen LogP contribution in [0.5, 0.6) is 11.5 Å². The molecule has 3 nitrogen and oxygen atoms in total. The average Bonchev–Trinajstić information content (AvgIpc) is 2.49. The molecule has 0 atom stereocenters. The standard InChI is InChI=1S/C17H19NO2/c19-15-7-9-16(10-8-15)20-13-12-18-11-3-5-14-4-1-2-6-17(14)18/h1-2,4,6-10,19H,3,5,11-13H2. The van der Waals surface area contributed by atoms with Crippen LogP contribution >= 0.6 is 0 Å². The molecule has 0 saturated heterocycles. The highest BCUT2D eigenvalue weighted by molar-refractivity contribution is 5.55. The molecule has 1 aliphatic heterocycles. The first-order valence-corrected chi connectivity index (χ1v) is 7.07. The SMILES string of the molecule is Oc1ccc(OCCN2CCCc3ccccc32)cc1. The Labute approximate surface area is 119 Å². The molecule has 20 heavy (non-hydrogen) atoms. The van der Waals surface area contributed by atoms with E-state index in [-0.39, 0.29) is 5.75 Å². The maximum atomic E-state index is 9.23. The van der Waals surface area contributed by atoms with Crippen LogP contribution in [0.15, 0.2) is 48.5 Å². The maximum absolute atomic E-state index is 9.23. The fourth-order valence-corrected chi connectivity index (χ4v) is 2.66. The molecule has 0 unspecified atom stereocenters. The predicted octanol–water partition coefficient (Wildman–Crippen LogP) is 3.22. The van der Waals surface area contributed by atoms with Crippen LogP contribution < -0.4 is 9.64 Å². The van der Waals surface area contributed by atoms with E-state index in [1.165, 1.54) is 24.1 Å². The molecule has 0 fully saturated rings. The molecule has 2 aromatic carbocycles. The lowest BCUT2D eigenvalue weighted by molar-refractivity contribution is 0.322. The second-order valence-corrected chi connectivity index (χ2v) is 5.06. The maximum Gasteiger partial charge on any atom is 0.119 e. The molecule has 3 rings (SSSR count). The minimum Gasteiger partial charge on any atom is -0.508 e. The quantitative estimate of drug-likeness (QED) is 0.925. The second-order valence-electron chi connectivity index (χ2n) is 5.06. The summed E-state index contributed by atoms with van der Waals surface area (Å²) in [5.74, 6) is 1.07. The van der Waals surface area contributed by atoms with E-state index >= 15 is 0 Å². The van der Waals surface area contributed by atoms with Crippen LogP contribution in [0.4, 0.5) is 5.69 Å². The molecule has 0 aliphatic carbocycles. The summed E-state index contributed by atoms with van der Waals surface area (Å²) in [6, 6.07) is 15.5. The van der Waals surface area contributed by atoms with E-state index in [4.69, 9.17) is 4.74 Å². The van der Waals surface area contributed by atoms with E-state index in [0.29, 0.717) is 6.61 Å². The highest BCUT2D eigenvalue weighted by Crippen LogP contribution is 2.26. The Bertz CT molecular complexity index is 565. The zero-order valence-electron chi connectivity index (χ0n) is 11.5. The van der Waals surface area contributed by atoms with Gasteiger partial charge in [0, 0.05) is 12.2 Å². The number of hydrogen-bond donors (Lipinski definition) is 1. The van der Waals surface area contributed by atoms with E-state index in [9.17, 15) is 5.11 Å². The lowest BCUT2D eigenvalue weighted by Gasteiger charge is -2.31.